The van der Waals surface area contributed by atoms with E-state index in [2.05, 4.69) is 0 Å². The molecule has 3 aromatic carbocycles. The van der Waals surface area contributed by atoms with Crippen molar-refractivity contribution >= 4 is 23.6 Å². The molecule has 6 nitrogen and oxygen atoms in total. The Bertz CT molecular complexity index is 1260. The van der Waals surface area contributed by atoms with Gasteiger partial charge in [-0.15, -0.1) is 0 Å². The summed E-state index contributed by atoms with van der Waals surface area (Å²) in [6, 6.07) is 24.3. The average Bonchev–Trinajstić information content (AvgIpc) is 3.12. The first-order chi connectivity index (χ1) is 16.5. The lowest BCUT2D eigenvalue weighted by Crippen LogP contribution is -2.24. The zero-order chi connectivity index (χ0) is 24.1. The van der Waals surface area contributed by atoms with Gasteiger partial charge in [-0.3, -0.25) is 9.69 Å². The number of esters is 1. The molecule has 172 valence electrons. The Labute approximate surface area is 198 Å². The fraction of sp³-hybridized carbons (Fsp3) is 0.143. The van der Waals surface area contributed by atoms with Gasteiger partial charge in [0, 0.05) is 16.9 Å². The second kappa shape index (κ2) is 10.1. The molecule has 1 amide bonds. The van der Waals surface area contributed by atoms with E-state index in [0.29, 0.717) is 35.1 Å². The number of ether oxygens (including phenoxy) is 3. The van der Waals surface area contributed by atoms with Crippen molar-refractivity contribution in [3.05, 3.63) is 107 Å². The Balaban J connectivity index is 1.72. The summed E-state index contributed by atoms with van der Waals surface area (Å²) in [6.45, 7) is 2.11. The molecule has 4 rings (SSSR count). The molecule has 34 heavy (non-hydrogen) atoms. The summed E-state index contributed by atoms with van der Waals surface area (Å²) < 4.78 is 16.3. The lowest BCUT2D eigenvalue weighted by molar-refractivity contribution is -0.136. The molecule has 0 aromatic heterocycles. The van der Waals surface area contributed by atoms with Crippen molar-refractivity contribution in [2.45, 2.75) is 13.5 Å². The van der Waals surface area contributed by atoms with Crippen molar-refractivity contribution in [2.75, 3.05) is 19.1 Å². The highest BCUT2D eigenvalue weighted by atomic mass is 16.5. The number of carbonyl (C=O) groups excluding carboxylic acids is 2. The molecular formula is C28H25NO5. The molecule has 0 N–H and O–H groups in total. The predicted octanol–water partition coefficient (Wildman–Crippen LogP) is 5.15. The van der Waals surface area contributed by atoms with E-state index in [1.54, 1.807) is 44.4 Å². The van der Waals surface area contributed by atoms with Gasteiger partial charge >= 0.3 is 5.97 Å². The molecule has 0 saturated heterocycles. The van der Waals surface area contributed by atoms with Crippen molar-refractivity contribution in [3.63, 3.8) is 0 Å². The number of allylic oxidation sites excluding steroid dienone is 1. The molecule has 0 radical (unpaired) electrons. The van der Waals surface area contributed by atoms with Crippen LogP contribution in [0.15, 0.2) is 95.7 Å². The molecule has 3 aromatic rings. The predicted molar refractivity (Wildman–Crippen MR) is 130 cm³/mol. The quantitative estimate of drug-likeness (QED) is 0.364. The molecule has 6 heteroatoms. The van der Waals surface area contributed by atoms with E-state index in [1.165, 1.54) is 12.0 Å². The van der Waals surface area contributed by atoms with Gasteiger partial charge in [0.1, 0.15) is 18.1 Å². The number of rotatable bonds is 7. The van der Waals surface area contributed by atoms with Crippen LogP contribution in [0.1, 0.15) is 18.1 Å². The summed E-state index contributed by atoms with van der Waals surface area (Å²) in [6.07, 6.45) is 1.68. The zero-order valence-corrected chi connectivity index (χ0v) is 19.3. The highest BCUT2D eigenvalue weighted by molar-refractivity contribution is 6.23. The minimum absolute atomic E-state index is 0.223. The van der Waals surface area contributed by atoms with Gasteiger partial charge in [-0.25, -0.2) is 4.79 Å². The molecule has 0 spiro atoms. The van der Waals surface area contributed by atoms with Crippen molar-refractivity contribution in [1.29, 1.82) is 0 Å². The first-order valence-electron chi connectivity index (χ1n) is 10.8. The standard InChI is InChI=1S/C28H25NO5/c1-19-26(28(31)33-3)24(27(30)29(19)22-13-15-23(32-2)16-14-22)17-21-11-7-8-12-25(21)34-18-20-9-5-4-6-10-20/h4-17H,18H2,1-3H3/b24-17-. The molecule has 1 aliphatic rings. The van der Waals surface area contributed by atoms with Crippen LogP contribution in [0.2, 0.25) is 0 Å². The average molecular weight is 456 g/mol. The van der Waals surface area contributed by atoms with E-state index in [-0.39, 0.29) is 17.1 Å². The van der Waals surface area contributed by atoms with Gasteiger partial charge in [0.25, 0.3) is 5.91 Å². The molecule has 0 unspecified atom stereocenters. The molecular weight excluding hydrogens is 430 g/mol. The van der Waals surface area contributed by atoms with E-state index in [1.807, 2.05) is 54.6 Å². The van der Waals surface area contributed by atoms with Crippen molar-refractivity contribution < 1.29 is 23.8 Å². The summed E-state index contributed by atoms with van der Waals surface area (Å²) in [5, 5.41) is 0. The fourth-order valence-corrected chi connectivity index (χ4v) is 3.84. The summed E-state index contributed by atoms with van der Waals surface area (Å²) in [7, 11) is 2.88. The number of anilines is 1. The number of para-hydroxylation sites is 1. The van der Waals surface area contributed by atoms with E-state index >= 15 is 0 Å². The van der Waals surface area contributed by atoms with Gasteiger partial charge < -0.3 is 14.2 Å². The van der Waals surface area contributed by atoms with E-state index < -0.39 is 5.97 Å². The number of amides is 1. The maximum Gasteiger partial charge on any atom is 0.340 e. The summed E-state index contributed by atoms with van der Waals surface area (Å²) in [4.78, 5) is 27.7. The monoisotopic (exact) mass is 455 g/mol. The van der Waals surface area contributed by atoms with Crippen LogP contribution in [-0.2, 0) is 20.9 Å². The highest BCUT2D eigenvalue weighted by Gasteiger charge is 2.38. The van der Waals surface area contributed by atoms with Crippen LogP contribution in [0.3, 0.4) is 0 Å². The first-order valence-corrected chi connectivity index (χ1v) is 10.8. The van der Waals surface area contributed by atoms with Gasteiger partial charge in [-0.05, 0) is 48.9 Å². The Morgan fingerprint density at radius 1 is 0.912 bits per heavy atom. The third kappa shape index (κ3) is 4.57. The third-order valence-corrected chi connectivity index (χ3v) is 5.58. The van der Waals surface area contributed by atoms with Crippen LogP contribution in [-0.4, -0.2) is 26.1 Å². The van der Waals surface area contributed by atoms with Crippen LogP contribution in [0, 0.1) is 0 Å². The van der Waals surface area contributed by atoms with Crippen LogP contribution in [0.5, 0.6) is 11.5 Å². The van der Waals surface area contributed by atoms with Crippen LogP contribution in [0.4, 0.5) is 5.69 Å². The van der Waals surface area contributed by atoms with Crippen LogP contribution >= 0.6 is 0 Å². The van der Waals surface area contributed by atoms with Gasteiger partial charge in [0.15, 0.2) is 0 Å². The number of hydrogen-bond acceptors (Lipinski definition) is 5. The maximum absolute atomic E-state index is 13.5. The SMILES string of the molecule is COC(=O)C1=C(C)N(c2ccc(OC)cc2)C(=O)/C1=C\c1ccccc1OCc1ccccc1. The largest absolute Gasteiger partial charge is 0.497 e. The second-order valence-electron chi connectivity index (χ2n) is 7.66. The van der Waals surface area contributed by atoms with E-state index in [4.69, 9.17) is 14.2 Å². The molecule has 0 fully saturated rings. The lowest BCUT2D eigenvalue weighted by atomic mass is 10.0. The lowest BCUT2D eigenvalue weighted by Gasteiger charge is -2.18. The Kier molecular flexibility index (Phi) is 6.78. The Morgan fingerprint density at radius 2 is 1.59 bits per heavy atom. The van der Waals surface area contributed by atoms with Crippen molar-refractivity contribution in [3.8, 4) is 11.5 Å². The molecule has 1 heterocycles. The van der Waals surface area contributed by atoms with Crippen molar-refractivity contribution in [2.24, 2.45) is 0 Å². The van der Waals surface area contributed by atoms with Gasteiger partial charge in [-0.2, -0.15) is 0 Å². The number of hydrogen-bond donors (Lipinski definition) is 0. The summed E-state index contributed by atoms with van der Waals surface area (Å²) >= 11 is 0. The van der Waals surface area contributed by atoms with Crippen molar-refractivity contribution in [1.82, 2.24) is 0 Å². The first kappa shape index (κ1) is 22.9. The molecule has 1 aliphatic heterocycles. The number of carbonyl (C=O) groups is 2. The normalized spacial score (nSPS) is 14.5. The second-order valence-corrected chi connectivity index (χ2v) is 7.66. The molecule has 0 bridgehead atoms. The summed E-state index contributed by atoms with van der Waals surface area (Å²) in [5.41, 5.74) is 3.31. The number of nitrogens with zero attached hydrogens (tertiary/aromatic N) is 1. The fourth-order valence-electron chi connectivity index (χ4n) is 3.84. The zero-order valence-electron chi connectivity index (χ0n) is 19.3. The van der Waals surface area contributed by atoms with Gasteiger partial charge in [0.2, 0.25) is 0 Å². The Morgan fingerprint density at radius 3 is 2.26 bits per heavy atom. The number of benzene rings is 3. The highest BCUT2D eigenvalue weighted by Crippen LogP contribution is 2.37. The number of methoxy groups -OCH3 is 2. The summed E-state index contributed by atoms with van der Waals surface area (Å²) in [5.74, 6) is 0.388. The van der Waals surface area contributed by atoms with Crippen LogP contribution < -0.4 is 14.4 Å². The Hall–Kier alpha value is -4.32. The van der Waals surface area contributed by atoms with Gasteiger partial charge in [-0.1, -0.05) is 48.5 Å². The smallest absolute Gasteiger partial charge is 0.340 e. The molecule has 0 saturated carbocycles. The molecule has 0 aliphatic carbocycles. The van der Waals surface area contributed by atoms with Crippen LogP contribution in [0.25, 0.3) is 6.08 Å². The minimum atomic E-state index is -0.573. The van der Waals surface area contributed by atoms with Gasteiger partial charge in [0.05, 0.1) is 25.4 Å². The van der Waals surface area contributed by atoms with E-state index in [0.717, 1.165) is 5.56 Å². The third-order valence-electron chi connectivity index (χ3n) is 5.58. The molecule has 0 atom stereocenters. The van der Waals surface area contributed by atoms with E-state index in [9.17, 15) is 9.59 Å². The maximum atomic E-state index is 13.5. The topological polar surface area (TPSA) is 65.1 Å². The minimum Gasteiger partial charge on any atom is -0.497 e.